The van der Waals surface area contributed by atoms with E-state index in [9.17, 15) is 24.6 Å². The van der Waals surface area contributed by atoms with Gasteiger partial charge in [0, 0.05) is 32.4 Å². The molecule has 276 valence electrons. The van der Waals surface area contributed by atoms with Crippen molar-refractivity contribution < 1.29 is 24.6 Å². The van der Waals surface area contributed by atoms with Gasteiger partial charge < -0.3 is 15.5 Å². The van der Waals surface area contributed by atoms with Crippen molar-refractivity contribution in [3.63, 3.8) is 0 Å². The topological polar surface area (TPSA) is 165 Å². The highest BCUT2D eigenvalue weighted by atomic mass is 35.5. The summed E-state index contributed by atoms with van der Waals surface area (Å²) in [6.45, 7) is 2.11. The SMILES string of the molecule is CC1C=c2c(N=Nc3ccc(C(=O)C=Cc4ccc(N=Nc5c(O)ccc6cc(C(=O)NC(=O)Nc7cccc(Cl)c7)ccc56)cc4)cc3)c(O)ccc2=CC1. The standard InChI is InChI=1S/C44H33ClN6O5/c1-26-5-9-28-13-21-40(54)42(37(28)23-26)51-49-34-17-10-29(11-18-34)38(52)20-8-27-6-15-33(16-7-27)48-50-41-36-19-12-31(24-30(36)14-22-39(41)53)43(55)47-44(56)46-35-4-2-3-32(45)25-35/h2-4,6-26,53-54H,5H2,1H3,(H2,46,47,55,56). The van der Waals surface area contributed by atoms with Gasteiger partial charge in [0.15, 0.2) is 5.78 Å². The van der Waals surface area contributed by atoms with Crippen molar-refractivity contribution in [2.75, 3.05) is 5.32 Å². The summed E-state index contributed by atoms with van der Waals surface area (Å²) in [5.41, 5.74) is 3.58. The maximum Gasteiger partial charge on any atom is 0.326 e. The first-order valence-electron chi connectivity index (χ1n) is 17.5. The Morgan fingerprint density at radius 2 is 1.43 bits per heavy atom. The molecule has 7 rings (SSSR count). The third-order valence-electron chi connectivity index (χ3n) is 8.94. The predicted molar refractivity (Wildman–Crippen MR) is 218 cm³/mol. The number of nitrogens with zero attached hydrogens (tertiary/aromatic N) is 4. The monoisotopic (exact) mass is 760 g/mol. The first-order valence-corrected chi connectivity index (χ1v) is 17.9. The van der Waals surface area contributed by atoms with E-state index in [1.807, 2.05) is 6.07 Å². The molecule has 0 saturated heterocycles. The maximum absolute atomic E-state index is 12.9. The lowest BCUT2D eigenvalue weighted by Gasteiger charge is -2.09. The minimum Gasteiger partial charge on any atom is -0.506 e. The number of imide groups is 1. The minimum absolute atomic E-state index is 0.0584. The Bertz CT molecular complexity index is 2730. The third-order valence-corrected chi connectivity index (χ3v) is 9.17. The molecule has 56 heavy (non-hydrogen) atoms. The number of phenolic OH excluding ortho intramolecular Hbond substituents is 2. The number of urea groups is 1. The summed E-state index contributed by atoms with van der Waals surface area (Å²) in [6, 6.07) is 30.9. The average molecular weight is 761 g/mol. The number of azo groups is 2. The molecular weight excluding hydrogens is 728 g/mol. The summed E-state index contributed by atoms with van der Waals surface area (Å²) < 4.78 is 0. The molecule has 0 aromatic heterocycles. The molecule has 4 N–H and O–H groups in total. The van der Waals surface area contributed by atoms with Gasteiger partial charge in [-0.1, -0.05) is 73.2 Å². The molecule has 1 unspecified atom stereocenters. The molecule has 11 nitrogen and oxygen atoms in total. The molecule has 3 amide bonds. The van der Waals surface area contributed by atoms with Crippen LogP contribution in [0.3, 0.4) is 0 Å². The van der Waals surface area contributed by atoms with Crippen molar-refractivity contribution >= 4 is 86.8 Å². The number of aromatic hydroxyl groups is 2. The number of benzene rings is 6. The Labute approximate surface area is 325 Å². The number of carbonyl (C=O) groups excluding carboxylic acids is 3. The number of halogens is 1. The minimum atomic E-state index is -0.715. The fourth-order valence-electron chi connectivity index (χ4n) is 6.02. The molecule has 6 aromatic rings. The number of anilines is 1. The number of phenols is 2. The zero-order valence-electron chi connectivity index (χ0n) is 29.8. The van der Waals surface area contributed by atoms with Gasteiger partial charge in [-0.05, 0) is 113 Å². The first-order chi connectivity index (χ1) is 27.1. The van der Waals surface area contributed by atoms with Gasteiger partial charge in [0.2, 0.25) is 0 Å². The number of allylic oxidation sites excluding steroid dienone is 1. The molecule has 0 bridgehead atoms. The molecule has 0 saturated carbocycles. The highest BCUT2D eigenvalue weighted by Gasteiger charge is 2.14. The predicted octanol–water partition coefficient (Wildman–Crippen LogP) is 10.2. The average Bonchev–Trinajstić information content (AvgIpc) is 3.19. The van der Waals surface area contributed by atoms with Crippen molar-refractivity contribution in [1.29, 1.82) is 0 Å². The van der Waals surface area contributed by atoms with Crippen LogP contribution < -0.4 is 21.1 Å². The van der Waals surface area contributed by atoms with E-state index in [0.717, 1.165) is 22.4 Å². The summed E-state index contributed by atoms with van der Waals surface area (Å²) in [6.07, 6.45) is 8.32. The lowest BCUT2D eigenvalue weighted by Crippen LogP contribution is -2.34. The van der Waals surface area contributed by atoms with Crippen LogP contribution in [0.5, 0.6) is 11.5 Å². The highest BCUT2D eigenvalue weighted by molar-refractivity contribution is 6.31. The number of carbonyl (C=O) groups is 3. The summed E-state index contributed by atoms with van der Waals surface area (Å²) in [7, 11) is 0. The summed E-state index contributed by atoms with van der Waals surface area (Å²) >= 11 is 5.96. The molecule has 0 heterocycles. The second-order valence-electron chi connectivity index (χ2n) is 13.0. The van der Waals surface area contributed by atoms with Crippen LogP contribution in [0.1, 0.15) is 39.6 Å². The normalized spacial score (nSPS) is 13.7. The number of ketones is 1. The van der Waals surface area contributed by atoms with Crippen molar-refractivity contribution in [3.05, 3.63) is 153 Å². The number of fused-ring (bicyclic) bond motifs is 2. The Morgan fingerprint density at radius 1 is 0.750 bits per heavy atom. The van der Waals surface area contributed by atoms with Crippen LogP contribution in [0.2, 0.25) is 5.02 Å². The Hall–Kier alpha value is -7.24. The van der Waals surface area contributed by atoms with Crippen molar-refractivity contribution in [1.82, 2.24) is 5.32 Å². The van der Waals surface area contributed by atoms with Gasteiger partial charge in [-0.2, -0.15) is 10.2 Å². The number of nitrogens with one attached hydrogen (secondary N) is 2. The molecule has 1 atom stereocenters. The van der Waals surface area contributed by atoms with Crippen LogP contribution in [0.4, 0.5) is 33.2 Å². The Balaban J connectivity index is 0.974. The van der Waals surface area contributed by atoms with Gasteiger partial charge in [-0.3, -0.25) is 14.9 Å². The molecular formula is C44H33ClN6O5. The molecule has 1 aliphatic rings. The number of rotatable bonds is 9. The van der Waals surface area contributed by atoms with Crippen LogP contribution in [0.25, 0.3) is 29.0 Å². The quantitative estimate of drug-likeness (QED) is 0.0653. The van der Waals surface area contributed by atoms with Gasteiger partial charge in [-0.15, -0.1) is 10.2 Å². The fourth-order valence-corrected chi connectivity index (χ4v) is 6.21. The molecule has 0 spiro atoms. The van der Waals surface area contributed by atoms with E-state index in [4.69, 9.17) is 11.6 Å². The second kappa shape index (κ2) is 16.4. The lowest BCUT2D eigenvalue weighted by molar-refractivity contribution is 0.0966. The van der Waals surface area contributed by atoms with E-state index >= 15 is 0 Å². The zero-order valence-corrected chi connectivity index (χ0v) is 30.6. The van der Waals surface area contributed by atoms with Gasteiger partial charge in [0.25, 0.3) is 5.91 Å². The van der Waals surface area contributed by atoms with Gasteiger partial charge in [0.1, 0.15) is 22.9 Å². The van der Waals surface area contributed by atoms with Crippen molar-refractivity contribution in [3.8, 4) is 11.5 Å². The summed E-state index contributed by atoms with van der Waals surface area (Å²) in [5.74, 6) is -0.522. The van der Waals surface area contributed by atoms with Gasteiger partial charge in [-0.25, -0.2) is 4.79 Å². The number of amides is 3. The summed E-state index contributed by atoms with van der Waals surface area (Å²) in [4.78, 5) is 38.1. The molecule has 0 aliphatic heterocycles. The smallest absolute Gasteiger partial charge is 0.326 e. The fraction of sp³-hybridized carbons (Fsp3) is 0.0682. The number of hydrogen-bond acceptors (Lipinski definition) is 9. The first kappa shape index (κ1) is 37.1. The van der Waals surface area contributed by atoms with E-state index in [1.54, 1.807) is 103 Å². The zero-order chi connectivity index (χ0) is 39.2. The molecule has 0 fully saturated rings. The van der Waals surface area contributed by atoms with Crippen molar-refractivity contribution in [2.45, 2.75) is 13.3 Å². The van der Waals surface area contributed by atoms with Crippen LogP contribution in [0, 0.1) is 5.92 Å². The van der Waals surface area contributed by atoms with Gasteiger partial charge in [0.05, 0.1) is 11.4 Å². The highest BCUT2D eigenvalue weighted by Crippen LogP contribution is 2.36. The van der Waals surface area contributed by atoms with E-state index in [-0.39, 0.29) is 28.5 Å². The molecule has 12 heteroatoms. The Morgan fingerprint density at radius 3 is 2.18 bits per heavy atom. The van der Waals surface area contributed by atoms with Gasteiger partial charge >= 0.3 is 6.03 Å². The third kappa shape index (κ3) is 8.75. The Kier molecular flexibility index (Phi) is 10.9. The molecule has 0 radical (unpaired) electrons. The molecule has 1 aliphatic carbocycles. The summed E-state index contributed by atoms with van der Waals surface area (Å²) in [5, 5.41) is 46.5. The van der Waals surface area contributed by atoms with E-state index in [2.05, 4.69) is 50.2 Å². The van der Waals surface area contributed by atoms with Crippen LogP contribution in [-0.4, -0.2) is 27.9 Å². The van der Waals surface area contributed by atoms with Crippen molar-refractivity contribution in [2.24, 2.45) is 26.4 Å². The van der Waals surface area contributed by atoms with E-state index in [0.29, 0.717) is 50.0 Å². The number of hydrogen-bond donors (Lipinski definition) is 4. The second-order valence-corrected chi connectivity index (χ2v) is 13.5. The van der Waals surface area contributed by atoms with E-state index in [1.165, 1.54) is 18.2 Å². The van der Waals surface area contributed by atoms with Crippen LogP contribution >= 0.6 is 11.6 Å². The van der Waals surface area contributed by atoms with Crippen LogP contribution in [-0.2, 0) is 0 Å². The lowest BCUT2D eigenvalue weighted by atomic mass is 9.98. The van der Waals surface area contributed by atoms with E-state index < -0.39 is 11.9 Å². The maximum atomic E-state index is 12.9. The largest absolute Gasteiger partial charge is 0.506 e. The van der Waals surface area contributed by atoms with Crippen LogP contribution in [0.15, 0.2) is 142 Å². The molecule has 6 aromatic carbocycles.